The van der Waals surface area contributed by atoms with Crippen molar-refractivity contribution in [2.45, 2.75) is 56.9 Å². The van der Waals surface area contributed by atoms with Crippen LogP contribution in [0.1, 0.15) is 31.2 Å². The molecule has 2 aliphatic rings. The zero-order valence-electron chi connectivity index (χ0n) is 13.4. The summed E-state index contributed by atoms with van der Waals surface area (Å²) in [6, 6.07) is 10.3. The quantitative estimate of drug-likeness (QED) is 0.464. The molecule has 0 bridgehead atoms. The molecular formula is C18H25IO4. The molecule has 3 atom stereocenters. The molecular weight excluding hydrogens is 407 g/mol. The van der Waals surface area contributed by atoms with Crippen molar-refractivity contribution < 1.29 is 18.9 Å². The van der Waals surface area contributed by atoms with Crippen molar-refractivity contribution >= 4 is 22.6 Å². The van der Waals surface area contributed by atoms with Crippen molar-refractivity contribution in [1.29, 1.82) is 0 Å². The molecule has 2 heterocycles. The molecule has 5 heteroatoms. The zero-order valence-corrected chi connectivity index (χ0v) is 15.5. The van der Waals surface area contributed by atoms with Crippen LogP contribution in [-0.4, -0.2) is 42.2 Å². The van der Waals surface area contributed by atoms with Gasteiger partial charge in [-0.3, -0.25) is 0 Å². The predicted molar refractivity (Wildman–Crippen MR) is 96.7 cm³/mol. The third-order valence-corrected chi connectivity index (χ3v) is 5.35. The normalized spacial score (nSPS) is 26.7. The van der Waals surface area contributed by atoms with Crippen molar-refractivity contribution in [3.05, 3.63) is 35.9 Å². The van der Waals surface area contributed by atoms with Crippen molar-refractivity contribution in [3.8, 4) is 0 Å². The molecule has 1 aromatic rings. The Bertz CT molecular complexity index is 450. The molecule has 0 amide bonds. The van der Waals surface area contributed by atoms with Gasteiger partial charge in [0.15, 0.2) is 6.29 Å². The standard InChI is InChI=1S/C18H25IO4/c19-12-16-7-6-15(23-16)10-17(11-18-20-8-9-21-18)22-13-14-4-2-1-3-5-14/h1-5,15-18H,6-13H2/t15-,16+,17+/m1/s1. The van der Waals surface area contributed by atoms with Crippen molar-refractivity contribution in [2.24, 2.45) is 0 Å². The van der Waals surface area contributed by atoms with Gasteiger partial charge < -0.3 is 18.9 Å². The van der Waals surface area contributed by atoms with Crippen LogP contribution >= 0.6 is 22.6 Å². The molecule has 0 spiro atoms. The molecule has 3 rings (SSSR count). The van der Waals surface area contributed by atoms with Gasteiger partial charge in [0.1, 0.15) is 0 Å². The van der Waals surface area contributed by atoms with E-state index < -0.39 is 0 Å². The summed E-state index contributed by atoms with van der Waals surface area (Å²) in [7, 11) is 0. The molecule has 1 aromatic carbocycles. The minimum Gasteiger partial charge on any atom is -0.374 e. The molecule has 0 aromatic heterocycles. The maximum atomic E-state index is 6.18. The van der Waals surface area contributed by atoms with E-state index in [9.17, 15) is 0 Å². The van der Waals surface area contributed by atoms with Crippen molar-refractivity contribution in [3.63, 3.8) is 0 Å². The number of rotatable bonds is 8. The summed E-state index contributed by atoms with van der Waals surface area (Å²) < 4.78 is 24.5. The van der Waals surface area contributed by atoms with Crippen LogP contribution in [0.25, 0.3) is 0 Å². The van der Waals surface area contributed by atoms with Gasteiger partial charge in [-0.05, 0) is 24.8 Å². The minimum absolute atomic E-state index is 0.108. The lowest BCUT2D eigenvalue weighted by Gasteiger charge is -2.23. The first-order chi connectivity index (χ1) is 11.3. The van der Waals surface area contributed by atoms with Gasteiger partial charge in [0.2, 0.25) is 0 Å². The number of benzene rings is 1. The summed E-state index contributed by atoms with van der Waals surface area (Å²) in [6.07, 6.45) is 4.69. The topological polar surface area (TPSA) is 36.9 Å². The first-order valence-electron chi connectivity index (χ1n) is 8.43. The molecule has 0 aliphatic carbocycles. The Hall–Kier alpha value is -0.210. The average Bonchev–Trinajstić information content (AvgIpc) is 3.25. The molecule has 2 aliphatic heterocycles. The highest BCUT2D eigenvalue weighted by Crippen LogP contribution is 2.27. The molecule has 23 heavy (non-hydrogen) atoms. The Morgan fingerprint density at radius 1 is 1.04 bits per heavy atom. The van der Waals surface area contributed by atoms with Gasteiger partial charge >= 0.3 is 0 Å². The Morgan fingerprint density at radius 2 is 1.78 bits per heavy atom. The first-order valence-corrected chi connectivity index (χ1v) is 9.96. The summed E-state index contributed by atoms with van der Waals surface area (Å²) in [6.45, 7) is 2.00. The van der Waals surface area contributed by atoms with Gasteiger partial charge in [-0.1, -0.05) is 52.9 Å². The maximum Gasteiger partial charge on any atom is 0.160 e. The predicted octanol–water partition coefficient (Wildman–Crippen LogP) is 3.71. The lowest BCUT2D eigenvalue weighted by Crippen LogP contribution is -2.26. The zero-order chi connectivity index (χ0) is 15.9. The highest BCUT2D eigenvalue weighted by Gasteiger charge is 2.29. The Morgan fingerprint density at radius 3 is 2.48 bits per heavy atom. The third-order valence-electron chi connectivity index (χ3n) is 4.37. The second-order valence-corrected chi connectivity index (χ2v) is 7.05. The summed E-state index contributed by atoms with van der Waals surface area (Å²) in [5, 5.41) is 0. The van der Waals surface area contributed by atoms with E-state index in [-0.39, 0.29) is 12.4 Å². The molecule has 0 N–H and O–H groups in total. The van der Waals surface area contributed by atoms with E-state index in [1.165, 1.54) is 5.56 Å². The van der Waals surface area contributed by atoms with Gasteiger partial charge in [-0.25, -0.2) is 0 Å². The summed E-state index contributed by atoms with van der Waals surface area (Å²) in [5.74, 6) is 0. The van der Waals surface area contributed by atoms with Crippen LogP contribution < -0.4 is 0 Å². The fraction of sp³-hybridized carbons (Fsp3) is 0.667. The Labute approximate surface area is 152 Å². The highest BCUT2D eigenvalue weighted by molar-refractivity contribution is 14.1. The van der Waals surface area contributed by atoms with E-state index in [1.54, 1.807) is 0 Å². The fourth-order valence-electron chi connectivity index (χ4n) is 3.14. The Balaban J connectivity index is 1.52. The number of hydrogen-bond donors (Lipinski definition) is 0. The second-order valence-electron chi connectivity index (χ2n) is 6.17. The smallest absolute Gasteiger partial charge is 0.160 e. The van der Waals surface area contributed by atoms with Crippen LogP contribution in [0.5, 0.6) is 0 Å². The first kappa shape index (κ1) is 17.6. The molecule has 2 saturated heterocycles. The van der Waals surface area contributed by atoms with Crippen molar-refractivity contribution in [2.75, 3.05) is 17.6 Å². The van der Waals surface area contributed by atoms with Gasteiger partial charge in [-0.15, -0.1) is 0 Å². The average molecular weight is 432 g/mol. The van der Waals surface area contributed by atoms with Crippen LogP contribution in [0.2, 0.25) is 0 Å². The number of alkyl halides is 1. The molecule has 4 nitrogen and oxygen atoms in total. The van der Waals surface area contributed by atoms with E-state index in [0.29, 0.717) is 32.0 Å². The fourth-order valence-corrected chi connectivity index (χ4v) is 3.79. The van der Waals surface area contributed by atoms with Crippen LogP contribution in [-0.2, 0) is 25.6 Å². The van der Waals surface area contributed by atoms with Crippen LogP contribution in [0.3, 0.4) is 0 Å². The van der Waals surface area contributed by atoms with Gasteiger partial charge in [0.25, 0.3) is 0 Å². The Kier molecular flexibility index (Phi) is 7.13. The van der Waals surface area contributed by atoms with Gasteiger partial charge in [-0.2, -0.15) is 0 Å². The molecule has 0 unspecified atom stereocenters. The van der Waals surface area contributed by atoms with Crippen molar-refractivity contribution in [1.82, 2.24) is 0 Å². The van der Waals surface area contributed by atoms with E-state index in [0.717, 1.165) is 30.1 Å². The number of ether oxygens (including phenoxy) is 4. The maximum absolute atomic E-state index is 6.18. The molecule has 2 fully saturated rings. The molecule has 0 saturated carbocycles. The monoisotopic (exact) mass is 432 g/mol. The molecule has 128 valence electrons. The van der Waals surface area contributed by atoms with E-state index in [4.69, 9.17) is 18.9 Å². The number of hydrogen-bond acceptors (Lipinski definition) is 4. The lowest BCUT2D eigenvalue weighted by molar-refractivity contribution is -0.0975. The number of halogens is 1. The largest absolute Gasteiger partial charge is 0.374 e. The SMILES string of the molecule is IC[C@@H]1CC[C@H](C[C@@H](CC2OCCO2)OCc2ccccc2)O1. The minimum atomic E-state index is -0.127. The molecule has 0 radical (unpaired) electrons. The van der Waals surface area contributed by atoms with E-state index in [1.807, 2.05) is 18.2 Å². The highest BCUT2D eigenvalue weighted by atomic mass is 127. The van der Waals surface area contributed by atoms with Gasteiger partial charge in [0.05, 0.1) is 38.1 Å². The summed E-state index contributed by atoms with van der Waals surface area (Å²) >= 11 is 2.40. The van der Waals surface area contributed by atoms with Crippen LogP contribution in [0.4, 0.5) is 0 Å². The van der Waals surface area contributed by atoms with Crippen LogP contribution in [0, 0.1) is 0 Å². The van der Waals surface area contributed by atoms with E-state index in [2.05, 4.69) is 34.7 Å². The van der Waals surface area contributed by atoms with E-state index >= 15 is 0 Å². The van der Waals surface area contributed by atoms with Crippen LogP contribution in [0.15, 0.2) is 30.3 Å². The summed E-state index contributed by atoms with van der Waals surface area (Å²) in [4.78, 5) is 0. The van der Waals surface area contributed by atoms with Gasteiger partial charge in [0, 0.05) is 10.8 Å². The summed E-state index contributed by atoms with van der Waals surface area (Å²) in [5.41, 5.74) is 1.20. The third kappa shape index (κ3) is 5.67. The second kappa shape index (κ2) is 9.32. The lowest BCUT2D eigenvalue weighted by atomic mass is 10.1.